The van der Waals surface area contributed by atoms with E-state index in [1.54, 1.807) is 13.0 Å². The number of aromatic nitrogens is 4. The highest BCUT2D eigenvalue weighted by molar-refractivity contribution is 6.31. The van der Waals surface area contributed by atoms with Gasteiger partial charge < -0.3 is 5.11 Å². The predicted molar refractivity (Wildman–Crippen MR) is 55.9 cm³/mol. The van der Waals surface area contributed by atoms with Crippen LogP contribution in [0.25, 0.3) is 5.69 Å². The molecule has 0 spiro atoms. The molecule has 82 valence electrons. The molecule has 0 fully saturated rings. The van der Waals surface area contributed by atoms with E-state index in [1.165, 1.54) is 16.8 Å². The number of aromatic carboxylic acids is 1. The molecule has 0 amide bonds. The summed E-state index contributed by atoms with van der Waals surface area (Å²) in [7, 11) is 0. The van der Waals surface area contributed by atoms with Gasteiger partial charge in [0.25, 0.3) is 0 Å². The normalized spacial score (nSPS) is 10.4. The molecule has 2 rings (SSSR count). The van der Waals surface area contributed by atoms with Gasteiger partial charge in [-0.15, -0.1) is 5.10 Å². The Bertz CT molecular complexity index is 552. The number of hydrogen-bond acceptors (Lipinski definition) is 4. The number of hydrogen-bond donors (Lipinski definition) is 1. The Kier molecular flexibility index (Phi) is 2.57. The molecule has 0 aliphatic carbocycles. The van der Waals surface area contributed by atoms with Crippen molar-refractivity contribution in [2.45, 2.75) is 6.92 Å². The van der Waals surface area contributed by atoms with Crippen molar-refractivity contribution in [1.29, 1.82) is 0 Å². The van der Waals surface area contributed by atoms with Gasteiger partial charge in [0.1, 0.15) is 0 Å². The number of carbonyl (C=O) groups is 1. The van der Waals surface area contributed by atoms with Gasteiger partial charge in [-0.3, -0.25) is 0 Å². The molecular formula is C9H7ClN4O2. The summed E-state index contributed by atoms with van der Waals surface area (Å²) in [6.07, 6.45) is 0. The third kappa shape index (κ3) is 1.87. The third-order valence-electron chi connectivity index (χ3n) is 2.00. The highest BCUT2D eigenvalue weighted by Gasteiger charge is 2.09. The summed E-state index contributed by atoms with van der Waals surface area (Å²) in [6, 6.07) is 4.42. The molecule has 0 saturated heterocycles. The molecule has 0 atom stereocenters. The monoisotopic (exact) mass is 238 g/mol. The zero-order valence-corrected chi connectivity index (χ0v) is 9.01. The summed E-state index contributed by atoms with van der Waals surface area (Å²) in [6.45, 7) is 1.71. The fourth-order valence-electron chi connectivity index (χ4n) is 1.29. The molecule has 1 heterocycles. The Morgan fingerprint density at radius 1 is 1.44 bits per heavy atom. The van der Waals surface area contributed by atoms with Crippen LogP contribution >= 0.6 is 11.6 Å². The van der Waals surface area contributed by atoms with E-state index >= 15 is 0 Å². The number of carboxylic acid groups (broad SMARTS) is 1. The SMILES string of the molecule is Cc1nnnn1-c1cc(Cl)cc(C(=O)O)c1. The van der Waals surface area contributed by atoms with Crippen molar-refractivity contribution in [3.63, 3.8) is 0 Å². The zero-order chi connectivity index (χ0) is 11.7. The number of rotatable bonds is 2. The van der Waals surface area contributed by atoms with Gasteiger partial charge in [-0.05, 0) is 35.5 Å². The van der Waals surface area contributed by atoms with E-state index < -0.39 is 5.97 Å². The van der Waals surface area contributed by atoms with Crippen LogP contribution in [-0.2, 0) is 0 Å². The molecule has 0 radical (unpaired) electrons. The van der Waals surface area contributed by atoms with Crippen LogP contribution in [0.1, 0.15) is 16.2 Å². The Morgan fingerprint density at radius 3 is 2.75 bits per heavy atom. The Morgan fingerprint density at radius 2 is 2.19 bits per heavy atom. The van der Waals surface area contributed by atoms with E-state index in [-0.39, 0.29) is 5.56 Å². The van der Waals surface area contributed by atoms with E-state index in [4.69, 9.17) is 16.7 Å². The number of benzene rings is 1. The second kappa shape index (κ2) is 3.90. The molecule has 0 aliphatic heterocycles. The minimum atomic E-state index is -1.05. The maximum Gasteiger partial charge on any atom is 0.335 e. The third-order valence-corrected chi connectivity index (χ3v) is 2.22. The summed E-state index contributed by atoms with van der Waals surface area (Å²) in [5.41, 5.74) is 0.616. The van der Waals surface area contributed by atoms with E-state index in [2.05, 4.69) is 15.5 Å². The average Bonchev–Trinajstić information content (AvgIpc) is 2.63. The van der Waals surface area contributed by atoms with Gasteiger partial charge >= 0.3 is 5.97 Å². The summed E-state index contributed by atoms with van der Waals surface area (Å²) in [5.74, 6) is -0.493. The van der Waals surface area contributed by atoms with Crippen LogP contribution in [0.15, 0.2) is 18.2 Å². The molecule has 0 bridgehead atoms. The Balaban J connectivity index is 2.58. The van der Waals surface area contributed by atoms with E-state index in [9.17, 15) is 4.79 Å². The van der Waals surface area contributed by atoms with Gasteiger partial charge in [0.15, 0.2) is 5.82 Å². The van der Waals surface area contributed by atoms with Gasteiger partial charge in [0, 0.05) is 5.02 Å². The highest BCUT2D eigenvalue weighted by Crippen LogP contribution is 2.18. The lowest BCUT2D eigenvalue weighted by atomic mass is 10.2. The summed E-state index contributed by atoms with van der Waals surface area (Å²) in [5, 5.41) is 20.1. The maximum atomic E-state index is 10.8. The molecule has 0 aliphatic rings. The van der Waals surface area contributed by atoms with Gasteiger partial charge in [-0.1, -0.05) is 11.6 Å². The molecule has 1 N–H and O–H groups in total. The minimum absolute atomic E-state index is 0.0948. The van der Waals surface area contributed by atoms with E-state index in [0.717, 1.165) is 0 Å². The van der Waals surface area contributed by atoms with E-state index in [0.29, 0.717) is 16.5 Å². The van der Waals surface area contributed by atoms with Crippen molar-refractivity contribution >= 4 is 17.6 Å². The largest absolute Gasteiger partial charge is 0.478 e. The second-order valence-electron chi connectivity index (χ2n) is 3.14. The lowest BCUT2D eigenvalue weighted by molar-refractivity contribution is 0.0697. The number of aryl methyl sites for hydroxylation is 1. The molecule has 16 heavy (non-hydrogen) atoms. The Labute approximate surface area is 95.5 Å². The Hall–Kier alpha value is -1.95. The first-order chi connectivity index (χ1) is 7.58. The minimum Gasteiger partial charge on any atom is -0.478 e. The van der Waals surface area contributed by atoms with Crippen LogP contribution in [0.2, 0.25) is 5.02 Å². The summed E-state index contributed by atoms with van der Waals surface area (Å²) in [4.78, 5) is 10.8. The number of nitrogens with zero attached hydrogens (tertiary/aromatic N) is 4. The molecule has 0 unspecified atom stereocenters. The smallest absolute Gasteiger partial charge is 0.335 e. The van der Waals surface area contributed by atoms with Crippen LogP contribution in [-0.4, -0.2) is 31.3 Å². The zero-order valence-electron chi connectivity index (χ0n) is 8.25. The number of tetrazole rings is 1. The topological polar surface area (TPSA) is 80.9 Å². The molecule has 2 aromatic rings. The van der Waals surface area contributed by atoms with Crippen LogP contribution < -0.4 is 0 Å². The molecular weight excluding hydrogens is 232 g/mol. The maximum absolute atomic E-state index is 10.8. The highest BCUT2D eigenvalue weighted by atomic mass is 35.5. The predicted octanol–water partition coefficient (Wildman–Crippen LogP) is 1.32. The second-order valence-corrected chi connectivity index (χ2v) is 3.58. The molecule has 6 nitrogen and oxygen atoms in total. The molecule has 7 heteroatoms. The average molecular weight is 239 g/mol. The lowest BCUT2D eigenvalue weighted by Gasteiger charge is -2.04. The van der Waals surface area contributed by atoms with Gasteiger partial charge in [0.2, 0.25) is 0 Å². The van der Waals surface area contributed by atoms with Gasteiger partial charge in [0.05, 0.1) is 11.3 Å². The number of carboxylic acids is 1. The summed E-state index contributed by atoms with van der Waals surface area (Å²) < 4.78 is 1.42. The standard InChI is InChI=1S/C9H7ClN4O2/c1-5-11-12-13-14(5)8-3-6(9(15)16)2-7(10)4-8/h2-4H,1H3,(H,15,16). The van der Waals surface area contributed by atoms with E-state index in [1.807, 2.05) is 0 Å². The molecule has 1 aromatic carbocycles. The quantitative estimate of drug-likeness (QED) is 0.853. The van der Waals surface area contributed by atoms with Crippen LogP contribution in [0.5, 0.6) is 0 Å². The van der Waals surface area contributed by atoms with Crippen molar-refractivity contribution < 1.29 is 9.90 Å². The molecule has 1 aromatic heterocycles. The number of halogens is 1. The fraction of sp³-hybridized carbons (Fsp3) is 0.111. The van der Waals surface area contributed by atoms with Crippen molar-refractivity contribution in [3.8, 4) is 5.69 Å². The van der Waals surface area contributed by atoms with Crippen LogP contribution in [0, 0.1) is 6.92 Å². The van der Waals surface area contributed by atoms with Crippen molar-refractivity contribution in [3.05, 3.63) is 34.6 Å². The van der Waals surface area contributed by atoms with Crippen LogP contribution in [0.3, 0.4) is 0 Å². The lowest BCUT2D eigenvalue weighted by Crippen LogP contribution is -2.03. The van der Waals surface area contributed by atoms with Crippen molar-refractivity contribution in [2.75, 3.05) is 0 Å². The fourth-order valence-corrected chi connectivity index (χ4v) is 1.52. The van der Waals surface area contributed by atoms with Gasteiger partial charge in [-0.25, -0.2) is 4.79 Å². The van der Waals surface area contributed by atoms with Crippen molar-refractivity contribution in [2.24, 2.45) is 0 Å². The van der Waals surface area contributed by atoms with Crippen LogP contribution in [0.4, 0.5) is 0 Å². The first kappa shape index (κ1) is 10.6. The van der Waals surface area contributed by atoms with Crippen molar-refractivity contribution in [1.82, 2.24) is 20.2 Å². The first-order valence-corrected chi connectivity index (χ1v) is 4.75. The summed E-state index contributed by atoms with van der Waals surface area (Å²) >= 11 is 5.82. The first-order valence-electron chi connectivity index (χ1n) is 4.37. The van der Waals surface area contributed by atoms with Gasteiger partial charge in [-0.2, -0.15) is 4.68 Å². The molecule has 0 saturated carbocycles.